The Morgan fingerprint density at radius 3 is 2.86 bits per heavy atom. The van der Waals surface area contributed by atoms with Crippen LogP contribution in [0.1, 0.15) is 28.8 Å². The molecule has 1 aliphatic rings. The molecule has 0 aromatic carbocycles. The normalized spacial score (nSPS) is 17.5. The highest BCUT2D eigenvalue weighted by molar-refractivity contribution is 6.11. The number of aromatic nitrogens is 3. The van der Waals surface area contributed by atoms with Crippen LogP contribution in [-0.2, 0) is 6.18 Å². The number of rotatable bonds is 3. The van der Waals surface area contributed by atoms with E-state index in [9.17, 15) is 18.0 Å². The van der Waals surface area contributed by atoms with Crippen LogP contribution in [0, 0.1) is 0 Å². The Labute approximate surface area is 164 Å². The van der Waals surface area contributed by atoms with E-state index in [-0.39, 0.29) is 28.5 Å². The van der Waals surface area contributed by atoms with E-state index in [0.717, 1.165) is 12.6 Å². The number of carbonyl (C=O) groups is 1. The largest absolute Gasteiger partial charge is 0.419 e. The summed E-state index contributed by atoms with van der Waals surface area (Å²) in [7, 11) is 0. The number of H-pyrrole nitrogens is 1. The van der Waals surface area contributed by atoms with Crippen LogP contribution in [-0.4, -0.2) is 40.0 Å². The lowest BCUT2D eigenvalue weighted by Gasteiger charge is -2.34. The first-order chi connectivity index (χ1) is 13.8. The zero-order valence-corrected chi connectivity index (χ0v) is 15.3. The molecule has 4 heterocycles. The third-order valence-electron chi connectivity index (χ3n) is 4.93. The van der Waals surface area contributed by atoms with Gasteiger partial charge in [-0.15, -0.1) is 0 Å². The molecule has 4 N–H and O–H groups in total. The number of anilines is 2. The molecule has 1 atom stereocenters. The number of nitrogens with zero attached hydrogens (tertiary/aromatic N) is 3. The molecule has 1 aliphatic heterocycles. The monoisotopic (exact) mass is 404 g/mol. The Hall–Kier alpha value is -3.14. The van der Waals surface area contributed by atoms with Crippen LogP contribution in [0.3, 0.4) is 0 Å². The lowest BCUT2D eigenvalue weighted by Crippen LogP contribution is -2.43. The predicted molar refractivity (Wildman–Crippen MR) is 103 cm³/mol. The van der Waals surface area contributed by atoms with Crippen molar-refractivity contribution in [3.05, 3.63) is 48.0 Å². The highest BCUT2D eigenvalue weighted by Gasteiger charge is 2.38. The van der Waals surface area contributed by atoms with Crippen LogP contribution in [0.2, 0.25) is 0 Å². The summed E-state index contributed by atoms with van der Waals surface area (Å²) in [5.41, 5.74) is 5.92. The highest BCUT2D eigenvalue weighted by Crippen LogP contribution is 2.43. The number of piperidine rings is 1. The molecule has 0 aliphatic carbocycles. The van der Waals surface area contributed by atoms with Gasteiger partial charge in [0.15, 0.2) is 0 Å². The van der Waals surface area contributed by atoms with Crippen molar-refractivity contribution in [1.29, 1.82) is 0 Å². The molecule has 0 unspecified atom stereocenters. The van der Waals surface area contributed by atoms with Gasteiger partial charge in [0.2, 0.25) is 0 Å². The van der Waals surface area contributed by atoms with Gasteiger partial charge in [0.05, 0.1) is 27.9 Å². The molecule has 1 amide bonds. The van der Waals surface area contributed by atoms with Crippen LogP contribution in [0.4, 0.5) is 24.5 Å². The SMILES string of the molecule is N[C@@H]1CCCN(c2c(C(F)(F)F)cnc3[nH]cc(NC(=O)c4cccnc4)c23)C1. The molecule has 29 heavy (non-hydrogen) atoms. The van der Waals surface area contributed by atoms with Gasteiger partial charge in [0.1, 0.15) is 5.65 Å². The van der Waals surface area contributed by atoms with Gasteiger partial charge in [-0.1, -0.05) is 0 Å². The Morgan fingerprint density at radius 2 is 2.17 bits per heavy atom. The van der Waals surface area contributed by atoms with Gasteiger partial charge in [0.25, 0.3) is 5.91 Å². The lowest BCUT2D eigenvalue weighted by molar-refractivity contribution is -0.137. The minimum atomic E-state index is -4.60. The molecule has 0 saturated carbocycles. The molecule has 0 radical (unpaired) electrons. The van der Waals surface area contributed by atoms with Crippen LogP contribution in [0.15, 0.2) is 36.9 Å². The average Bonchev–Trinajstić information content (AvgIpc) is 3.10. The molecular weight excluding hydrogens is 385 g/mol. The summed E-state index contributed by atoms with van der Waals surface area (Å²) in [5, 5.41) is 2.89. The molecule has 0 spiro atoms. The Morgan fingerprint density at radius 1 is 1.34 bits per heavy atom. The first-order valence-electron chi connectivity index (χ1n) is 9.14. The maximum absolute atomic E-state index is 13.8. The smallest absolute Gasteiger partial charge is 0.369 e. The number of fused-ring (bicyclic) bond motifs is 1. The zero-order chi connectivity index (χ0) is 20.6. The molecule has 7 nitrogen and oxygen atoms in total. The number of amides is 1. The number of alkyl halides is 3. The van der Waals surface area contributed by atoms with Gasteiger partial charge >= 0.3 is 6.18 Å². The summed E-state index contributed by atoms with van der Waals surface area (Å²) < 4.78 is 41.4. The Kier molecular flexibility index (Phi) is 4.87. The van der Waals surface area contributed by atoms with Gasteiger partial charge in [-0.3, -0.25) is 9.78 Å². The molecular formula is C19H19F3N6O. The van der Waals surface area contributed by atoms with Crippen LogP contribution >= 0.6 is 0 Å². The fourth-order valence-electron chi connectivity index (χ4n) is 3.62. The molecule has 10 heteroatoms. The van der Waals surface area contributed by atoms with E-state index in [1.165, 1.54) is 18.6 Å². The van der Waals surface area contributed by atoms with Crippen molar-refractivity contribution in [3.8, 4) is 0 Å². The zero-order valence-electron chi connectivity index (χ0n) is 15.3. The second kappa shape index (κ2) is 7.36. The second-order valence-electron chi connectivity index (χ2n) is 6.99. The summed E-state index contributed by atoms with van der Waals surface area (Å²) in [6.45, 7) is 0.737. The van der Waals surface area contributed by atoms with Gasteiger partial charge in [-0.05, 0) is 25.0 Å². The summed E-state index contributed by atoms with van der Waals surface area (Å²) in [6, 6.07) is 2.95. The van der Waals surface area contributed by atoms with E-state index in [4.69, 9.17) is 5.73 Å². The van der Waals surface area contributed by atoms with Gasteiger partial charge in [0, 0.05) is 43.9 Å². The number of nitrogens with two attached hydrogens (primary N) is 1. The van der Waals surface area contributed by atoms with Gasteiger partial charge in [-0.2, -0.15) is 13.2 Å². The maximum atomic E-state index is 13.8. The van der Waals surface area contributed by atoms with E-state index < -0.39 is 17.6 Å². The van der Waals surface area contributed by atoms with Crippen molar-refractivity contribution in [1.82, 2.24) is 15.0 Å². The van der Waals surface area contributed by atoms with Crippen molar-refractivity contribution in [3.63, 3.8) is 0 Å². The number of halogens is 3. The molecule has 0 bridgehead atoms. The van der Waals surface area contributed by atoms with Crippen molar-refractivity contribution in [2.45, 2.75) is 25.1 Å². The van der Waals surface area contributed by atoms with E-state index in [0.29, 0.717) is 25.1 Å². The van der Waals surface area contributed by atoms with Crippen molar-refractivity contribution < 1.29 is 18.0 Å². The quantitative estimate of drug-likeness (QED) is 0.623. The van der Waals surface area contributed by atoms with Crippen molar-refractivity contribution >= 4 is 28.3 Å². The predicted octanol–water partition coefficient (Wildman–Crippen LogP) is 3.16. The molecule has 1 fully saturated rings. The van der Waals surface area contributed by atoms with Crippen LogP contribution in [0.5, 0.6) is 0 Å². The molecule has 4 rings (SSSR count). The standard InChI is InChI=1S/C19H19F3N6O/c20-19(21,22)13-8-25-17-15(16(13)28-6-2-4-12(23)10-28)14(9-26-17)27-18(29)11-3-1-5-24-7-11/h1,3,5,7-9,12H,2,4,6,10,23H2,(H,25,26)(H,27,29)/t12-/m1/s1. The molecule has 3 aromatic rings. The van der Waals surface area contributed by atoms with E-state index >= 15 is 0 Å². The number of hydrogen-bond donors (Lipinski definition) is 3. The fourth-order valence-corrected chi connectivity index (χ4v) is 3.62. The number of pyridine rings is 2. The fraction of sp³-hybridized carbons (Fsp3) is 0.316. The first kappa shape index (κ1) is 19.2. The summed E-state index contributed by atoms with van der Waals surface area (Å²) in [5.74, 6) is -0.474. The van der Waals surface area contributed by atoms with Crippen LogP contribution in [0.25, 0.3) is 11.0 Å². The van der Waals surface area contributed by atoms with Crippen LogP contribution < -0.4 is 16.0 Å². The Balaban J connectivity index is 1.83. The first-order valence-corrected chi connectivity index (χ1v) is 9.14. The van der Waals surface area contributed by atoms with Crippen molar-refractivity contribution in [2.75, 3.05) is 23.3 Å². The molecule has 1 saturated heterocycles. The Bertz CT molecular complexity index is 1030. The van der Waals surface area contributed by atoms with Crippen molar-refractivity contribution in [2.24, 2.45) is 5.73 Å². The van der Waals surface area contributed by atoms with Gasteiger partial charge < -0.3 is 20.9 Å². The third-order valence-corrected chi connectivity index (χ3v) is 4.93. The summed E-state index contributed by atoms with van der Waals surface area (Å²) in [6.07, 6.45) is 2.02. The number of hydrogen-bond acceptors (Lipinski definition) is 5. The minimum Gasteiger partial charge on any atom is -0.369 e. The number of nitrogens with one attached hydrogen (secondary N) is 2. The molecule has 3 aromatic heterocycles. The van der Waals surface area contributed by atoms with Gasteiger partial charge in [-0.25, -0.2) is 4.98 Å². The highest BCUT2D eigenvalue weighted by atomic mass is 19.4. The average molecular weight is 404 g/mol. The number of carbonyl (C=O) groups excluding carboxylic acids is 1. The van der Waals surface area contributed by atoms with E-state index in [2.05, 4.69) is 20.3 Å². The maximum Gasteiger partial charge on any atom is 0.419 e. The minimum absolute atomic E-state index is 0.0135. The number of aromatic amines is 1. The second-order valence-corrected chi connectivity index (χ2v) is 6.99. The third kappa shape index (κ3) is 3.75. The van der Waals surface area contributed by atoms with E-state index in [1.807, 2.05) is 0 Å². The molecule has 152 valence electrons. The topological polar surface area (TPSA) is 99.9 Å². The summed E-state index contributed by atoms with van der Waals surface area (Å²) in [4.78, 5) is 24.8. The summed E-state index contributed by atoms with van der Waals surface area (Å²) >= 11 is 0. The lowest BCUT2D eigenvalue weighted by atomic mass is 10.0. The van der Waals surface area contributed by atoms with E-state index in [1.54, 1.807) is 17.0 Å².